The number of hydrogen-bond donors (Lipinski definition) is 0. The smallest absolute Gasteiger partial charge is 0.330 e. The lowest BCUT2D eigenvalue weighted by atomic mass is 9.92. The molecule has 6 nitrogen and oxygen atoms in total. The van der Waals surface area contributed by atoms with Crippen LogP contribution in [0.1, 0.15) is 32.6 Å². The zero-order chi connectivity index (χ0) is 23.3. The number of methoxy groups -OCH3 is 1. The molecule has 176 valence electrons. The van der Waals surface area contributed by atoms with E-state index in [9.17, 15) is 4.79 Å². The molecule has 32 heavy (non-hydrogen) atoms. The van der Waals surface area contributed by atoms with Gasteiger partial charge in [0.25, 0.3) is 0 Å². The minimum Gasteiger partial charge on any atom is -0.500 e. The third-order valence-electron chi connectivity index (χ3n) is 6.38. The van der Waals surface area contributed by atoms with E-state index < -0.39 is 0 Å². The summed E-state index contributed by atoms with van der Waals surface area (Å²) in [6.07, 6.45) is 10.4. The summed E-state index contributed by atoms with van der Waals surface area (Å²) in [5.74, 6) is 0.927. The summed E-state index contributed by atoms with van der Waals surface area (Å²) in [5.41, 5.74) is 1.30. The highest BCUT2D eigenvalue weighted by molar-refractivity contribution is 6.29. The normalized spacial score (nSPS) is 24.7. The van der Waals surface area contributed by atoms with Gasteiger partial charge in [-0.3, -0.25) is 0 Å². The quantitative estimate of drug-likeness (QED) is 0.209. The van der Waals surface area contributed by atoms with Crippen LogP contribution in [0.15, 0.2) is 47.2 Å². The topological polar surface area (TPSA) is 65.8 Å². The Labute approximate surface area is 197 Å². The Kier molecular flexibility index (Phi) is 11.6. The van der Waals surface area contributed by atoms with Crippen molar-refractivity contribution in [2.24, 2.45) is 11.8 Å². The molecule has 0 saturated carbocycles. The molecule has 0 aromatic carbocycles. The molecular formula is C25H36ClN3O3. The van der Waals surface area contributed by atoms with Crippen molar-refractivity contribution in [3.05, 3.63) is 47.2 Å². The predicted molar refractivity (Wildman–Crippen MR) is 128 cm³/mol. The van der Waals surface area contributed by atoms with Crippen molar-refractivity contribution >= 4 is 17.6 Å². The van der Waals surface area contributed by atoms with E-state index in [4.69, 9.17) is 26.3 Å². The maximum atomic E-state index is 11.5. The zero-order valence-electron chi connectivity index (χ0n) is 19.4. The summed E-state index contributed by atoms with van der Waals surface area (Å²) in [5, 5.41) is 9.48. The lowest BCUT2D eigenvalue weighted by Crippen LogP contribution is -2.47. The SMILES string of the molecule is C=C(Cl)C(CCN1CCN(CCC2C/C=C/C(=O)OC/C=C/2C)CC1)C/C(=C/C#N)OC. The molecule has 2 rings (SSSR count). The van der Waals surface area contributed by atoms with Crippen molar-refractivity contribution in [3.8, 4) is 6.07 Å². The molecule has 2 aliphatic heterocycles. The van der Waals surface area contributed by atoms with Gasteiger partial charge in [0.15, 0.2) is 0 Å². The first-order valence-corrected chi connectivity index (χ1v) is 11.7. The maximum absolute atomic E-state index is 11.5. The van der Waals surface area contributed by atoms with Crippen LogP contribution in [0.4, 0.5) is 0 Å². The number of cyclic esters (lactones) is 1. The average molecular weight is 462 g/mol. The van der Waals surface area contributed by atoms with Crippen LogP contribution in [0.25, 0.3) is 0 Å². The van der Waals surface area contributed by atoms with Crippen LogP contribution in [0, 0.1) is 23.2 Å². The standard InChI is InChI=1S/C25H36ClN3O3/c1-20-10-18-32-25(30)6-4-5-22(20)8-12-28-14-16-29(17-15-28)13-9-23(21(2)26)19-24(31-3)7-11-27/h4,6-7,10,22-23H,2,5,8-9,12-19H2,1,3H3/b6-4+,20-10+,24-7-. The molecular weight excluding hydrogens is 426 g/mol. The fraction of sp³-hybridized carbons (Fsp3) is 0.600. The van der Waals surface area contributed by atoms with Crippen LogP contribution in [-0.2, 0) is 14.3 Å². The Balaban J connectivity index is 1.75. The first-order valence-electron chi connectivity index (χ1n) is 11.3. The predicted octanol–water partition coefficient (Wildman–Crippen LogP) is 4.26. The summed E-state index contributed by atoms with van der Waals surface area (Å²) in [7, 11) is 1.58. The molecule has 1 saturated heterocycles. The Morgan fingerprint density at radius 1 is 1.38 bits per heavy atom. The van der Waals surface area contributed by atoms with Crippen LogP contribution in [0.5, 0.6) is 0 Å². The summed E-state index contributed by atoms with van der Waals surface area (Å²) in [6, 6.07) is 2.02. The molecule has 2 unspecified atom stereocenters. The molecule has 2 heterocycles. The second-order valence-electron chi connectivity index (χ2n) is 8.47. The molecule has 0 bridgehead atoms. The van der Waals surface area contributed by atoms with Crippen LogP contribution in [-0.4, -0.2) is 68.8 Å². The molecule has 0 amide bonds. The van der Waals surface area contributed by atoms with Gasteiger partial charge in [0, 0.05) is 49.6 Å². The van der Waals surface area contributed by atoms with Crippen LogP contribution in [0.2, 0.25) is 0 Å². The van der Waals surface area contributed by atoms with E-state index in [1.54, 1.807) is 13.2 Å². The van der Waals surface area contributed by atoms with Gasteiger partial charge in [0.1, 0.15) is 12.4 Å². The van der Waals surface area contributed by atoms with E-state index in [2.05, 4.69) is 23.3 Å². The Morgan fingerprint density at radius 2 is 2.06 bits per heavy atom. The number of hydrogen-bond acceptors (Lipinski definition) is 6. The van der Waals surface area contributed by atoms with Gasteiger partial charge < -0.3 is 19.3 Å². The van der Waals surface area contributed by atoms with Crippen LogP contribution < -0.4 is 0 Å². The third kappa shape index (κ3) is 9.20. The molecule has 0 aliphatic carbocycles. The van der Waals surface area contributed by atoms with Crippen molar-refractivity contribution < 1.29 is 14.3 Å². The van der Waals surface area contributed by atoms with E-state index in [1.807, 2.05) is 18.2 Å². The molecule has 0 aromatic heterocycles. The lowest BCUT2D eigenvalue weighted by Gasteiger charge is -2.36. The number of carbonyl (C=O) groups is 1. The summed E-state index contributed by atoms with van der Waals surface area (Å²) in [4.78, 5) is 16.5. The van der Waals surface area contributed by atoms with Crippen molar-refractivity contribution in [2.45, 2.75) is 32.6 Å². The fourth-order valence-corrected chi connectivity index (χ4v) is 4.32. The number of esters is 1. The van der Waals surface area contributed by atoms with Crippen LogP contribution in [0.3, 0.4) is 0 Å². The average Bonchev–Trinajstić information content (AvgIpc) is 2.85. The number of halogens is 1. The monoisotopic (exact) mass is 461 g/mol. The summed E-state index contributed by atoms with van der Waals surface area (Å²) < 4.78 is 10.4. The number of allylic oxidation sites excluding steroid dienone is 5. The molecule has 0 N–H and O–H groups in total. The Hall–Kier alpha value is -2.07. The molecule has 7 heteroatoms. The number of rotatable bonds is 10. The van der Waals surface area contributed by atoms with Crippen molar-refractivity contribution in [1.82, 2.24) is 9.80 Å². The first kappa shape index (κ1) is 26.2. The molecule has 1 fully saturated rings. The number of nitrogens with zero attached hydrogens (tertiary/aromatic N) is 3. The van der Waals surface area contributed by atoms with E-state index in [1.165, 1.54) is 11.6 Å². The van der Waals surface area contributed by atoms with Gasteiger partial charge in [-0.05, 0) is 51.3 Å². The van der Waals surface area contributed by atoms with E-state index in [-0.39, 0.29) is 11.9 Å². The highest BCUT2D eigenvalue weighted by Gasteiger charge is 2.21. The van der Waals surface area contributed by atoms with Crippen LogP contribution >= 0.6 is 11.6 Å². The highest BCUT2D eigenvalue weighted by atomic mass is 35.5. The Bertz CT molecular complexity index is 761. The summed E-state index contributed by atoms with van der Waals surface area (Å²) in [6.45, 7) is 12.6. The van der Waals surface area contributed by atoms with Gasteiger partial charge in [-0.15, -0.1) is 0 Å². The first-order chi connectivity index (χ1) is 15.4. The van der Waals surface area contributed by atoms with E-state index >= 15 is 0 Å². The molecule has 2 atom stereocenters. The second-order valence-corrected chi connectivity index (χ2v) is 8.95. The summed E-state index contributed by atoms with van der Waals surface area (Å²) >= 11 is 6.23. The van der Waals surface area contributed by atoms with Gasteiger partial charge in [0.05, 0.1) is 19.3 Å². The molecule has 0 spiro atoms. The minimum absolute atomic E-state index is 0.0938. The van der Waals surface area contributed by atoms with E-state index in [0.717, 1.165) is 58.5 Å². The highest BCUT2D eigenvalue weighted by Crippen LogP contribution is 2.26. The molecule has 0 aromatic rings. The van der Waals surface area contributed by atoms with Gasteiger partial charge >= 0.3 is 5.97 Å². The fourth-order valence-electron chi connectivity index (χ4n) is 4.13. The largest absolute Gasteiger partial charge is 0.500 e. The van der Waals surface area contributed by atoms with Crippen molar-refractivity contribution in [2.75, 3.05) is 53.0 Å². The molecule has 2 aliphatic rings. The van der Waals surface area contributed by atoms with Gasteiger partial charge in [-0.25, -0.2) is 4.79 Å². The number of piperazine rings is 1. The lowest BCUT2D eigenvalue weighted by molar-refractivity contribution is -0.136. The second kappa shape index (κ2) is 14.2. The van der Waals surface area contributed by atoms with Crippen molar-refractivity contribution in [1.29, 1.82) is 5.26 Å². The maximum Gasteiger partial charge on any atom is 0.330 e. The van der Waals surface area contributed by atoms with Gasteiger partial charge in [-0.2, -0.15) is 5.26 Å². The number of ether oxygens (including phenoxy) is 2. The minimum atomic E-state index is -0.259. The number of carbonyl (C=O) groups excluding carboxylic acids is 1. The van der Waals surface area contributed by atoms with Gasteiger partial charge in [0.2, 0.25) is 0 Å². The zero-order valence-corrected chi connectivity index (χ0v) is 20.1. The van der Waals surface area contributed by atoms with Gasteiger partial charge in [-0.1, -0.05) is 29.8 Å². The third-order valence-corrected chi connectivity index (χ3v) is 6.69. The Morgan fingerprint density at radius 3 is 2.69 bits per heavy atom. The van der Waals surface area contributed by atoms with E-state index in [0.29, 0.717) is 29.7 Å². The van der Waals surface area contributed by atoms with Crippen molar-refractivity contribution in [3.63, 3.8) is 0 Å². The number of nitriles is 1. The molecule has 0 radical (unpaired) electrons.